The van der Waals surface area contributed by atoms with Crippen molar-refractivity contribution in [2.75, 3.05) is 19.9 Å². The zero-order chi connectivity index (χ0) is 20.9. The molecule has 2 N–H and O–H groups in total. The van der Waals surface area contributed by atoms with Crippen molar-refractivity contribution in [2.45, 2.75) is 19.4 Å². The first-order valence-electron chi connectivity index (χ1n) is 9.74. The van der Waals surface area contributed by atoms with Gasteiger partial charge in [-0.1, -0.05) is 42.2 Å². The first-order valence-corrected chi connectivity index (χ1v) is 11.0. The van der Waals surface area contributed by atoms with Crippen LogP contribution in [0.3, 0.4) is 0 Å². The van der Waals surface area contributed by atoms with E-state index in [1.807, 2.05) is 24.3 Å². The molecular weight excluding hydrogens is 420 g/mol. The van der Waals surface area contributed by atoms with E-state index in [2.05, 4.69) is 5.32 Å². The van der Waals surface area contributed by atoms with Crippen LogP contribution in [0.5, 0.6) is 17.2 Å². The third-order valence-electron chi connectivity index (χ3n) is 4.82. The number of carbonyl (C=O) groups is 1. The van der Waals surface area contributed by atoms with Crippen molar-refractivity contribution >= 4 is 40.3 Å². The molecule has 4 rings (SSSR count). The van der Waals surface area contributed by atoms with Gasteiger partial charge in [0.1, 0.15) is 10.1 Å². The summed E-state index contributed by atoms with van der Waals surface area (Å²) in [5.74, 6) is 1.74. The van der Waals surface area contributed by atoms with E-state index in [9.17, 15) is 9.90 Å². The lowest BCUT2D eigenvalue weighted by atomic mass is 10.2. The Morgan fingerprint density at radius 3 is 2.77 bits per heavy atom. The summed E-state index contributed by atoms with van der Waals surface area (Å²) in [6.45, 7) is 2.51. The number of thioether (sulfide) groups is 1. The Hall–Kier alpha value is -2.55. The summed E-state index contributed by atoms with van der Waals surface area (Å²) < 4.78 is 11.3. The van der Waals surface area contributed by atoms with Gasteiger partial charge in [0.05, 0.1) is 4.91 Å². The van der Waals surface area contributed by atoms with Crippen LogP contribution >= 0.6 is 24.0 Å². The number of aromatic hydroxyl groups is 1. The van der Waals surface area contributed by atoms with Gasteiger partial charge in [-0.05, 0) is 60.9 Å². The van der Waals surface area contributed by atoms with Crippen LogP contribution in [0.25, 0.3) is 6.08 Å². The lowest BCUT2D eigenvalue weighted by Crippen LogP contribution is -2.29. The molecule has 2 aromatic carbocycles. The molecule has 0 unspecified atom stereocenters. The molecule has 2 aliphatic rings. The molecule has 6 nitrogen and oxygen atoms in total. The van der Waals surface area contributed by atoms with Crippen LogP contribution < -0.4 is 14.8 Å². The molecular formula is C22H22N2O4S2. The number of rotatable bonds is 8. The molecule has 0 radical (unpaired) electrons. The van der Waals surface area contributed by atoms with E-state index in [0.29, 0.717) is 15.8 Å². The molecule has 0 bridgehead atoms. The van der Waals surface area contributed by atoms with Gasteiger partial charge in [0, 0.05) is 13.1 Å². The predicted molar refractivity (Wildman–Crippen MR) is 121 cm³/mol. The number of ether oxygens (including phenoxy) is 2. The number of hydrogen-bond acceptors (Lipinski definition) is 7. The fraction of sp³-hybridized carbons (Fsp3) is 0.273. The van der Waals surface area contributed by atoms with E-state index in [-0.39, 0.29) is 18.4 Å². The highest BCUT2D eigenvalue weighted by Crippen LogP contribution is 2.33. The summed E-state index contributed by atoms with van der Waals surface area (Å²) in [4.78, 5) is 14.9. The molecule has 1 amide bonds. The van der Waals surface area contributed by atoms with E-state index in [1.165, 1.54) is 11.8 Å². The number of phenols is 1. The number of nitrogens with one attached hydrogen (secondary N) is 1. The molecule has 30 heavy (non-hydrogen) atoms. The molecule has 1 saturated heterocycles. The second kappa shape index (κ2) is 9.51. The molecule has 1 fully saturated rings. The molecule has 2 aliphatic heterocycles. The minimum Gasteiger partial charge on any atom is -0.508 e. The predicted octanol–water partition coefficient (Wildman–Crippen LogP) is 3.89. The van der Waals surface area contributed by atoms with Gasteiger partial charge in [-0.3, -0.25) is 9.69 Å². The fourth-order valence-electron chi connectivity index (χ4n) is 3.22. The summed E-state index contributed by atoms with van der Waals surface area (Å²) >= 11 is 6.71. The number of unbranched alkanes of at least 4 members (excludes halogenated alkanes) is 1. The van der Waals surface area contributed by atoms with Crippen molar-refractivity contribution in [3.05, 3.63) is 58.5 Å². The van der Waals surface area contributed by atoms with Gasteiger partial charge in [0.25, 0.3) is 5.91 Å². The molecule has 2 heterocycles. The second-order valence-electron chi connectivity index (χ2n) is 7.00. The molecule has 0 aliphatic carbocycles. The molecule has 0 atom stereocenters. The monoisotopic (exact) mass is 442 g/mol. The Morgan fingerprint density at radius 1 is 1.13 bits per heavy atom. The van der Waals surface area contributed by atoms with Gasteiger partial charge in [0.2, 0.25) is 6.79 Å². The van der Waals surface area contributed by atoms with Crippen molar-refractivity contribution in [3.63, 3.8) is 0 Å². The molecule has 0 aromatic heterocycles. The summed E-state index contributed by atoms with van der Waals surface area (Å²) in [7, 11) is 0. The van der Waals surface area contributed by atoms with Crippen LogP contribution in [0.15, 0.2) is 47.4 Å². The van der Waals surface area contributed by atoms with Crippen LogP contribution in [-0.2, 0) is 11.3 Å². The van der Waals surface area contributed by atoms with Crippen LogP contribution in [-0.4, -0.2) is 40.1 Å². The Labute approximate surface area is 184 Å². The highest BCUT2D eigenvalue weighted by atomic mass is 32.2. The second-order valence-corrected chi connectivity index (χ2v) is 8.67. The number of nitrogens with zero attached hydrogens (tertiary/aromatic N) is 1. The third-order valence-corrected chi connectivity index (χ3v) is 6.19. The van der Waals surface area contributed by atoms with E-state index >= 15 is 0 Å². The zero-order valence-electron chi connectivity index (χ0n) is 16.3. The standard InChI is InChI=1S/C22H22N2O4S2/c25-17-6-3-15(4-7-17)12-20-21(26)24(22(29)30-20)10-2-1-9-23-13-16-5-8-18-19(11-16)28-14-27-18/h3-8,11-12,23,25H,1-2,9-10,13-14H2/b20-12-. The molecule has 0 saturated carbocycles. The highest BCUT2D eigenvalue weighted by Gasteiger charge is 2.31. The quantitative estimate of drug-likeness (QED) is 0.365. The van der Waals surface area contributed by atoms with Crippen molar-refractivity contribution in [2.24, 2.45) is 0 Å². The van der Waals surface area contributed by atoms with Gasteiger partial charge in [-0.2, -0.15) is 0 Å². The Kier molecular flexibility index (Phi) is 6.56. The number of benzene rings is 2. The van der Waals surface area contributed by atoms with E-state index in [0.717, 1.165) is 48.6 Å². The maximum Gasteiger partial charge on any atom is 0.266 e. The van der Waals surface area contributed by atoms with Gasteiger partial charge in [-0.15, -0.1) is 0 Å². The van der Waals surface area contributed by atoms with Crippen LogP contribution in [0.2, 0.25) is 0 Å². The zero-order valence-corrected chi connectivity index (χ0v) is 17.9. The number of hydrogen-bond donors (Lipinski definition) is 2. The van der Waals surface area contributed by atoms with Crippen molar-refractivity contribution in [1.29, 1.82) is 0 Å². The molecule has 2 aromatic rings. The number of thiocarbonyl (C=S) groups is 1. The van der Waals surface area contributed by atoms with Gasteiger partial charge >= 0.3 is 0 Å². The molecule has 8 heteroatoms. The molecule has 156 valence electrons. The van der Waals surface area contributed by atoms with Crippen LogP contribution in [0, 0.1) is 0 Å². The average Bonchev–Trinajstić information content (AvgIpc) is 3.31. The first-order chi connectivity index (χ1) is 14.6. The average molecular weight is 443 g/mol. The van der Waals surface area contributed by atoms with Crippen LogP contribution in [0.4, 0.5) is 0 Å². The maximum atomic E-state index is 12.6. The van der Waals surface area contributed by atoms with Gasteiger partial charge < -0.3 is 19.9 Å². The number of carbonyl (C=O) groups excluding carboxylic acids is 1. The topological polar surface area (TPSA) is 71.0 Å². The third kappa shape index (κ3) is 4.95. The summed E-state index contributed by atoms with van der Waals surface area (Å²) in [6.07, 6.45) is 3.62. The smallest absolute Gasteiger partial charge is 0.266 e. The van der Waals surface area contributed by atoms with Crippen LogP contribution in [0.1, 0.15) is 24.0 Å². The SMILES string of the molecule is O=C1/C(=C/c2ccc(O)cc2)SC(=S)N1CCCCNCc1ccc2c(c1)OCO2. The summed E-state index contributed by atoms with van der Waals surface area (Å²) in [6, 6.07) is 12.7. The largest absolute Gasteiger partial charge is 0.508 e. The maximum absolute atomic E-state index is 12.6. The number of phenolic OH excluding ortho intramolecular Hbond substituents is 1. The van der Waals surface area contributed by atoms with Gasteiger partial charge in [-0.25, -0.2) is 0 Å². The lowest BCUT2D eigenvalue weighted by molar-refractivity contribution is -0.122. The summed E-state index contributed by atoms with van der Waals surface area (Å²) in [5.41, 5.74) is 2.01. The van der Waals surface area contributed by atoms with Crippen molar-refractivity contribution in [1.82, 2.24) is 10.2 Å². The fourth-order valence-corrected chi connectivity index (χ4v) is 4.53. The minimum absolute atomic E-state index is 0.0496. The molecule has 0 spiro atoms. The van der Waals surface area contributed by atoms with Crippen molar-refractivity contribution in [3.8, 4) is 17.2 Å². The minimum atomic E-state index is -0.0496. The Bertz CT molecular complexity index is 976. The summed E-state index contributed by atoms with van der Waals surface area (Å²) in [5, 5.41) is 12.8. The Morgan fingerprint density at radius 2 is 1.93 bits per heavy atom. The van der Waals surface area contributed by atoms with Gasteiger partial charge in [0.15, 0.2) is 11.5 Å². The van der Waals surface area contributed by atoms with E-state index in [1.54, 1.807) is 29.2 Å². The van der Waals surface area contributed by atoms with Crippen molar-refractivity contribution < 1.29 is 19.4 Å². The normalized spacial score (nSPS) is 16.7. The number of amides is 1. The highest BCUT2D eigenvalue weighted by molar-refractivity contribution is 8.26. The first kappa shape index (κ1) is 20.7. The lowest BCUT2D eigenvalue weighted by Gasteiger charge is -2.14. The van der Waals surface area contributed by atoms with E-state index < -0.39 is 0 Å². The van der Waals surface area contributed by atoms with E-state index in [4.69, 9.17) is 21.7 Å². The Balaban J connectivity index is 1.20. The number of fused-ring (bicyclic) bond motifs is 1.